The van der Waals surface area contributed by atoms with Crippen molar-refractivity contribution >= 4 is 0 Å². The molecule has 3 aromatic rings. The van der Waals surface area contributed by atoms with Gasteiger partial charge in [-0.1, -0.05) is 0 Å². The quantitative estimate of drug-likeness (QED) is 0.677. The Morgan fingerprint density at radius 3 is 2.50 bits per heavy atom. The number of methoxy groups -OCH3 is 3. The van der Waals surface area contributed by atoms with Crippen LogP contribution in [0.2, 0.25) is 0 Å². The minimum absolute atomic E-state index is 0.564. The minimum atomic E-state index is 0.564. The summed E-state index contributed by atoms with van der Waals surface area (Å²) in [6.07, 6.45) is 3.76. The number of nitrogens with zero attached hydrogens (tertiary/aromatic N) is 3. The van der Waals surface area contributed by atoms with Crippen LogP contribution in [0.5, 0.6) is 17.2 Å². The van der Waals surface area contributed by atoms with E-state index in [0.29, 0.717) is 6.54 Å². The number of benzene rings is 1. The van der Waals surface area contributed by atoms with Crippen LogP contribution in [0.25, 0.3) is 11.3 Å². The zero-order chi connectivity index (χ0) is 18.7. The molecule has 6 nitrogen and oxygen atoms in total. The molecule has 0 aliphatic rings. The molecule has 0 unspecified atom stereocenters. The monoisotopic (exact) mass is 353 g/mol. The molecule has 0 aliphatic carbocycles. The Bertz CT molecular complexity index is 919. The van der Waals surface area contributed by atoms with Crippen molar-refractivity contribution in [3.8, 4) is 28.5 Å². The molecule has 1 aromatic carbocycles. The average Bonchev–Trinajstić information content (AvgIpc) is 3.12. The largest absolute Gasteiger partial charge is 0.497 e. The van der Waals surface area contributed by atoms with E-state index >= 15 is 0 Å². The SMILES string of the molecule is COc1ccc(OC)c(-c2ccn(Cc3ncc(C)c(OC)c3C)n2)c1. The molecule has 0 amide bonds. The van der Waals surface area contributed by atoms with Crippen molar-refractivity contribution in [2.75, 3.05) is 21.3 Å². The van der Waals surface area contributed by atoms with Crippen molar-refractivity contribution in [3.05, 3.63) is 53.5 Å². The smallest absolute Gasteiger partial charge is 0.128 e. The lowest BCUT2D eigenvalue weighted by atomic mass is 10.1. The first-order valence-corrected chi connectivity index (χ1v) is 8.32. The third kappa shape index (κ3) is 3.35. The Kier molecular flexibility index (Phi) is 5.11. The Morgan fingerprint density at radius 1 is 1.00 bits per heavy atom. The maximum atomic E-state index is 5.48. The van der Waals surface area contributed by atoms with Crippen LogP contribution in [0, 0.1) is 13.8 Å². The van der Waals surface area contributed by atoms with Gasteiger partial charge in [0.05, 0.1) is 39.3 Å². The molecule has 6 heteroatoms. The molecular formula is C20H23N3O3. The molecule has 2 heterocycles. The van der Waals surface area contributed by atoms with E-state index in [-0.39, 0.29) is 0 Å². The first-order chi connectivity index (χ1) is 12.6. The number of hydrogen-bond acceptors (Lipinski definition) is 5. The molecule has 3 rings (SSSR count). The third-order valence-electron chi connectivity index (χ3n) is 4.38. The van der Waals surface area contributed by atoms with Gasteiger partial charge in [-0.25, -0.2) is 0 Å². The number of aryl methyl sites for hydroxylation is 1. The number of ether oxygens (including phenoxy) is 3. The van der Waals surface area contributed by atoms with Crippen LogP contribution < -0.4 is 14.2 Å². The Hall–Kier alpha value is -3.02. The van der Waals surface area contributed by atoms with Crippen LogP contribution in [0.1, 0.15) is 16.8 Å². The van der Waals surface area contributed by atoms with Gasteiger partial charge in [0.25, 0.3) is 0 Å². The van der Waals surface area contributed by atoms with E-state index in [1.54, 1.807) is 21.3 Å². The number of rotatable bonds is 6. The van der Waals surface area contributed by atoms with Crippen molar-refractivity contribution in [3.63, 3.8) is 0 Å². The van der Waals surface area contributed by atoms with Crippen molar-refractivity contribution < 1.29 is 14.2 Å². The van der Waals surface area contributed by atoms with Gasteiger partial charge in [0.15, 0.2) is 0 Å². The van der Waals surface area contributed by atoms with Gasteiger partial charge in [0.1, 0.15) is 17.2 Å². The van der Waals surface area contributed by atoms with Crippen molar-refractivity contribution in [2.24, 2.45) is 0 Å². The zero-order valence-electron chi connectivity index (χ0n) is 15.7. The molecule has 136 valence electrons. The summed E-state index contributed by atoms with van der Waals surface area (Å²) < 4.78 is 18.1. The van der Waals surface area contributed by atoms with Crippen LogP contribution in [0.3, 0.4) is 0 Å². The highest BCUT2D eigenvalue weighted by atomic mass is 16.5. The van der Waals surface area contributed by atoms with Crippen molar-refractivity contribution in [1.29, 1.82) is 0 Å². The zero-order valence-corrected chi connectivity index (χ0v) is 15.7. The maximum Gasteiger partial charge on any atom is 0.128 e. The standard InChI is InChI=1S/C20H23N3O3/c1-13-11-21-18(14(2)20(13)26-5)12-23-9-8-17(22-23)16-10-15(24-3)6-7-19(16)25-4/h6-11H,12H2,1-5H3. The summed E-state index contributed by atoms with van der Waals surface area (Å²) >= 11 is 0. The van der Waals surface area contributed by atoms with Gasteiger partial charge in [-0.05, 0) is 38.1 Å². The molecule has 26 heavy (non-hydrogen) atoms. The van der Waals surface area contributed by atoms with E-state index in [2.05, 4.69) is 10.1 Å². The molecule has 0 N–H and O–H groups in total. The van der Waals surface area contributed by atoms with Gasteiger partial charge in [0.2, 0.25) is 0 Å². The topological polar surface area (TPSA) is 58.4 Å². The van der Waals surface area contributed by atoms with Crippen LogP contribution >= 0.6 is 0 Å². The third-order valence-corrected chi connectivity index (χ3v) is 4.38. The van der Waals surface area contributed by atoms with E-state index in [1.165, 1.54) is 0 Å². The van der Waals surface area contributed by atoms with E-state index in [4.69, 9.17) is 14.2 Å². The molecule has 0 spiro atoms. The fourth-order valence-electron chi connectivity index (χ4n) is 2.99. The lowest BCUT2D eigenvalue weighted by Gasteiger charge is -2.12. The Balaban J connectivity index is 1.92. The summed E-state index contributed by atoms with van der Waals surface area (Å²) in [4.78, 5) is 4.54. The molecule has 0 fully saturated rings. The summed E-state index contributed by atoms with van der Waals surface area (Å²) in [6, 6.07) is 7.62. The van der Waals surface area contributed by atoms with Gasteiger partial charge in [-0.3, -0.25) is 9.67 Å². The van der Waals surface area contributed by atoms with Crippen molar-refractivity contribution in [2.45, 2.75) is 20.4 Å². The lowest BCUT2D eigenvalue weighted by Crippen LogP contribution is -2.06. The molecule has 0 aliphatic heterocycles. The van der Waals surface area contributed by atoms with Gasteiger partial charge in [-0.2, -0.15) is 5.10 Å². The van der Waals surface area contributed by atoms with E-state index < -0.39 is 0 Å². The molecule has 0 bridgehead atoms. The summed E-state index contributed by atoms with van der Waals surface area (Å²) in [5, 5.41) is 4.68. The van der Waals surface area contributed by atoms with E-state index in [1.807, 2.05) is 55.2 Å². The lowest BCUT2D eigenvalue weighted by molar-refractivity contribution is 0.404. The molecule has 0 atom stereocenters. The molecular weight excluding hydrogens is 330 g/mol. The number of hydrogen-bond donors (Lipinski definition) is 0. The summed E-state index contributed by atoms with van der Waals surface area (Å²) in [5.74, 6) is 2.38. The van der Waals surface area contributed by atoms with Gasteiger partial charge in [0, 0.05) is 29.1 Å². The van der Waals surface area contributed by atoms with Crippen LogP contribution in [-0.4, -0.2) is 36.1 Å². The average molecular weight is 353 g/mol. The Morgan fingerprint density at radius 2 is 1.81 bits per heavy atom. The van der Waals surface area contributed by atoms with E-state index in [9.17, 15) is 0 Å². The van der Waals surface area contributed by atoms with Gasteiger partial charge in [-0.15, -0.1) is 0 Å². The normalized spacial score (nSPS) is 10.7. The number of aromatic nitrogens is 3. The summed E-state index contributed by atoms with van der Waals surface area (Å²) in [7, 11) is 4.97. The van der Waals surface area contributed by atoms with Crippen LogP contribution in [0.15, 0.2) is 36.7 Å². The predicted octanol–water partition coefficient (Wildman–Crippen LogP) is 3.64. The molecule has 2 aromatic heterocycles. The van der Waals surface area contributed by atoms with Gasteiger partial charge < -0.3 is 14.2 Å². The fraction of sp³-hybridized carbons (Fsp3) is 0.300. The highest BCUT2D eigenvalue weighted by Gasteiger charge is 2.13. The van der Waals surface area contributed by atoms with Crippen LogP contribution in [0.4, 0.5) is 0 Å². The van der Waals surface area contributed by atoms with Gasteiger partial charge >= 0.3 is 0 Å². The maximum absolute atomic E-state index is 5.48. The first kappa shape index (κ1) is 17.8. The second-order valence-electron chi connectivity index (χ2n) is 6.01. The second kappa shape index (κ2) is 7.47. The highest BCUT2D eigenvalue weighted by Crippen LogP contribution is 2.32. The molecule has 0 saturated heterocycles. The fourth-order valence-corrected chi connectivity index (χ4v) is 2.99. The number of pyridine rings is 1. The van der Waals surface area contributed by atoms with Crippen LogP contribution in [-0.2, 0) is 6.54 Å². The van der Waals surface area contributed by atoms with Crippen molar-refractivity contribution in [1.82, 2.24) is 14.8 Å². The highest BCUT2D eigenvalue weighted by molar-refractivity contribution is 5.68. The first-order valence-electron chi connectivity index (χ1n) is 8.32. The summed E-state index contributed by atoms with van der Waals surface area (Å²) in [5.41, 5.74) is 4.69. The summed E-state index contributed by atoms with van der Waals surface area (Å²) in [6.45, 7) is 4.57. The Labute approximate surface area is 153 Å². The minimum Gasteiger partial charge on any atom is -0.497 e. The second-order valence-corrected chi connectivity index (χ2v) is 6.01. The molecule has 0 radical (unpaired) electrons. The molecule has 0 saturated carbocycles. The van der Waals surface area contributed by atoms with E-state index in [0.717, 1.165) is 45.3 Å². The predicted molar refractivity (Wildman–Crippen MR) is 100 cm³/mol.